The Morgan fingerprint density at radius 1 is 1.18 bits per heavy atom. The molecule has 0 aliphatic heterocycles. The van der Waals surface area contributed by atoms with Gasteiger partial charge in [0, 0.05) is 19.4 Å². The van der Waals surface area contributed by atoms with Crippen LogP contribution in [-0.2, 0) is 9.84 Å². The van der Waals surface area contributed by atoms with E-state index in [1.807, 2.05) is 31.2 Å². The standard InChI is InChI=1S/C18H19N5O4S/c1-13(14-4-6-15(7-5-14)22-12-19-11-20-22)21(2)17-9-8-16(28(3,26)27)10-18(17)23(24)25/h4-13H,1-3H3. The third kappa shape index (κ3) is 3.86. The van der Waals surface area contributed by atoms with Gasteiger partial charge in [-0.2, -0.15) is 5.10 Å². The lowest BCUT2D eigenvalue weighted by molar-refractivity contribution is -0.384. The van der Waals surface area contributed by atoms with Gasteiger partial charge in [-0.25, -0.2) is 18.1 Å². The van der Waals surface area contributed by atoms with Gasteiger partial charge in [0.2, 0.25) is 0 Å². The zero-order valence-electron chi connectivity index (χ0n) is 15.6. The van der Waals surface area contributed by atoms with Crippen molar-refractivity contribution in [1.82, 2.24) is 14.8 Å². The molecule has 28 heavy (non-hydrogen) atoms. The molecular formula is C18H19N5O4S. The molecule has 0 spiro atoms. The number of aromatic nitrogens is 3. The molecular weight excluding hydrogens is 382 g/mol. The highest BCUT2D eigenvalue weighted by atomic mass is 32.2. The van der Waals surface area contributed by atoms with Gasteiger partial charge in [-0.15, -0.1) is 0 Å². The van der Waals surface area contributed by atoms with E-state index < -0.39 is 14.8 Å². The molecule has 0 amide bonds. The smallest absolute Gasteiger partial charge is 0.293 e. The number of benzene rings is 2. The SMILES string of the molecule is CC(c1ccc(-n2cncn2)cc1)N(C)c1ccc(S(C)(=O)=O)cc1[N+](=O)[O-]. The molecule has 0 bridgehead atoms. The highest BCUT2D eigenvalue weighted by Crippen LogP contribution is 2.34. The van der Waals surface area contributed by atoms with E-state index in [4.69, 9.17) is 0 Å². The van der Waals surface area contributed by atoms with E-state index in [0.29, 0.717) is 5.69 Å². The molecule has 3 rings (SSSR count). The normalized spacial score (nSPS) is 12.5. The van der Waals surface area contributed by atoms with Crippen molar-refractivity contribution in [2.45, 2.75) is 17.9 Å². The van der Waals surface area contributed by atoms with Crippen LogP contribution in [0, 0.1) is 10.1 Å². The van der Waals surface area contributed by atoms with Crippen molar-refractivity contribution in [3.8, 4) is 5.69 Å². The zero-order chi connectivity index (χ0) is 20.5. The number of hydrogen-bond donors (Lipinski definition) is 0. The van der Waals surface area contributed by atoms with Crippen molar-refractivity contribution in [3.05, 3.63) is 70.8 Å². The summed E-state index contributed by atoms with van der Waals surface area (Å²) in [5.41, 5.74) is 1.87. The predicted molar refractivity (Wildman–Crippen MR) is 104 cm³/mol. The van der Waals surface area contributed by atoms with Gasteiger partial charge in [-0.3, -0.25) is 10.1 Å². The molecule has 3 aromatic rings. The Labute approximate surface area is 162 Å². The molecule has 0 saturated carbocycles. The number of hydrogen-bond acceptors (Lipinski definition) is 7. The fraction of sp³-hybridized carbons (Fsp3) is 0.222. The lowest BCUT2D eigenvalue weighted by Crippen LogP contribution is -2.22. The predicted octanol–water partition coefficient (Wildman–Crippen LogP) is 2.78. The molecule has 1 heterocycles. The summed E-state index contributed by atoms with van der Waals surface area (Å²) in [6, 6.07) is 11.4. The number of anilines is 1. The highest BCUT2D eigenvalue weighted by Gasteiger charge is 2.24. The molecule has 1 atom stereocenters. The minimum Gasteiger partial charge on any atom is -0.362 e. The highest BCUT2D eigenvalue weighted by molar-refractivity contribution is 7.90. The number of sulfone groups is 1. The summed E-state index contributed by atoms with van der Waals surface area (Å²) in [4.78, 5) is 16.5. The topological polar surface area (TPSA) is 111 Å². The molecule has 0 radical (unpaired) electrons. The number of nitro groups is 1. The van der Waals surface area contributed by atoms with Crippen LogP contribution in [0.1, 0.15) is 18.5 Å². The van der Waals surface area contributed by atoms with Crippen LogP contribution in [0.2, 0.25) is 0 Å². The molecule has 0 aliphatic carbocycles. The van der Waals surface area contributed by atoms with Crippen LogP contribution in [0.5, 0.6) is 0 Å². The van der Waals surface area contributed by atoms with Crippen LogP contribution < -0.4 is 4.90 Å². The average molecular weight is 401 g/mol. The molecule has 0 aliphatic rings. The van der Waals surface area contributed by atoms with Crippen molar-refractivity contribution in [2.24, 2.45) is 0 Å². The first-order chi connectivity index (χ1) is 13.2. The van der Waals surface area contributed by atoms with Gasteiger partial charge in [-0.05, 0) is 36.8 Å². The van der Waals surface area contributed by atoms with Crippen molar-refractivity contribution in [1.29, 1.82) is 0 Å². The second-order valence-corrected chi connectivity index (χ2v) is 8.41. The fourth-order valence-corrected chi connectivity index (χ4v) is 3.50. The van der Waals surface area contributed by atoms with Crippen LogP contribution in [0.15, 0.2) is 60.0 Å². The average Bonchev–Trinajstić information content (AvgIpc) is 3.20. The monoisotopic (exact) mass is 401 g/mol. The second kappa shape index (κ2) is 7.39. The Kier molecular flexibility index (Phi) is 5.14. The molecule has 9 nitrogen and oxygen atoms in total. The van der Waals surface area contributed by atoms with E-state index in [0.717, 1.165) is 23.6 Å². The lowest BCUT2D eigenvalue weighted by Gasteiger charge is -2.27. The van der Waals surface area contributed by atoms with Gasteiger partial charge in [0.1, 0.15) is 18.3 Å². The van der Waals surface area contributed by atoms with E-state index in [1.54, 1.807) is 23.0 Å². The van der Waals surface area contributed by atoms with Gasteiger partial charge in [-0.1, -0.05) is 12.1 Å². The molecule has 0 saturated heterocycles. The second-order valence-electron chi connectivity index (χ2n) is 6.40. The van der Waals surface area contributed by atoms with Gasteiger partial charge in [0.15, 0.2) is 9.84 Å². The maximum Gasteiger partial charge on any atom is 0.293 e. The van der Waals surface area contributed by atoms with Crippen LogP contribution in [0.3, 0.4) is 0 Å². The summed E-state index contributed by atoms with van der Waals surface area (Å²) < 4.78 is 25.1. The Morgan fingerprint density at radius 3 is 2.39 bits per heavy atom. The molecule has 1 aromatic heterocycles. The van der Waals surface area contributed by atoms with Crippen molar-refractivity contribution >= 4 is 21.2 Å². The molecule has 146 valence electrons. The van der Waals surface area contributed by atoms with E-state index in [1.165, 1.54) is 18.5 Å². The first-order valence-corrected chi connectivity index (χ1v) is 10.2. The van der Waals surface area contributed by atoms with Gasteiger partial charge in [0.05, 0.1) is 21.5 Å². The van der Waals surface area contributed by atoms with Crippen LogP contribution >= 0.6 is 0 Å². The van der Waals surface area contributed by atoms with Crippen molar-refractivity contribution in [3.63, 3.8) is 0 Å². The van der Waals surface area contributed by atoms with Gasteiger partial charge < -0.3 is 4.90 Å². The quantitative estimate of drug-likeness (QED) is 0.461. The van der Waals surface area contributed by atoms with Crippen LogP contribution in [0.25, 0.3) is 5.69 Å². The van der Waals surface area contributed by atoms with Gasteiger partial charge in [0.25, 0.3) is 5.69 Å². The summed E-state index contributed by atoms with van der Waals surface area (Å²) in [5.74, 6) is 0. The summed E-state index contributed by atoms with van der Waals surface area (Å²) >= 11 is 0. The fourth-order valence-electron chi connectivity index (χ4n) is 2.86. The first kappa shape index (κ1) is 19.5. The number of nitrogens with zero attached hydrogens (tertiary/aromatic N) is 5. The minimum absolute atomic E-state index is 0.0822. The zero-order valence-corrected chi connectivity index (χ0v) is 16.4. The Balaban J connectivity index is 1.92. The molecule has 2 aromatic carbocycles. The maximum atomic E-state index is 11.7. The summed E-state index contributed by atoms with van der Waals surface area (Å²) in [6.07, 6.45) is 4.07. The third-order valence-electron chi connectivity index (χ3n) is 4.59. The van der Waals surface area contributed by atoms with E-state index >= 15 is 0 Å². The summed E-state index contributed by atoms with van der Waals surface area (Å²) in [5, 5.41) is 15.6. The van der Waals surface area contributed by atoms with E-state index in [2.05, 4.69) is 10.1 Å². The third-order valence-corrected chi connectivity index (χ3v) is 5.70. The van der Waals surface area contributed by atoms with Gasteiger partial charge >= 0.3 is 0 Å². The summed E-state index contributed by atoms with van der Waals surface area (Å²) in [7, 11) is -1.80. The largest absolute Gasteiger partial charge is 0.362 e. The summed E-state index contributed by atoms with van der Waals surface area (Å²) in [6.45, 7) is 1.92. The van der Waals surface area contributed by atoms with Crippen molar-refractivity contribution in [2.75, 3.05) is 18.2 Å². The minimum atomic E-state index is -3.54. The first-order valence-electron chi connectivity index (χ1n) is 8.35. The molecule has 0 fully saturated rings. The molecule has 0 N–H and O–H groups in total. The maximum absolute atomic E-state index is 11.7. The van der Waals surface area contributed by atoms with E-state index in [-0.39, 0.29) is 16.6 Å². The Morgan fingerprint density at radius 2 is 1.86 bits per heavy atom. The molecule has 1 unspecified atom stereocenters. The Bertz CT molecular complexity index is 1100. The van der Waals surface area contributed by atoms with Crippen LogP contribution in [0.4, 0.5) is 11.4 Å². The van der Waals surface area contributed by atoms with E-state index in [9.17, 15) is 18.5 Å². The lowest BCUT2D eigenvalue weighted by atomic mass is 10.1. The number of nitro benzene ring substituents is 1. The van der Waals surface area contributed by atoms with Crippen molar-refractivity contribution < 1.29 is 13.3 Å². The van der Waals surface area contributed by atoms with Crippen LogP contribution in [-0.4, -0.2) is 41.4 Å². The number of rotatable bonds is 6. The molecule has 10 heteroatoms. The Hall–Kier alpha value is -3.27.